The SMILES string of the molecule is CCCCc1ccc(NC(=O)NC2CC(=O)N(c3cccc(F)c3)C2)cc1. The number of urea groups is 1. The molecule has 0 spiro atoms. The van der Waals surface area contributed by atoms with Crippen molar-refractivity contribution < 1.29 is 14.0 Å². The van der Waals surface area contributed by atoms with E-state index in [1.807, 2.05) is 24.3 Å². The van der Waals surface area contributed by atoms with Gasteiger partial charge in [0.25, 0.3) is 0 Å². The molecule has 1 heterocycles. The van der Waals surface area contributed by atoms with Crippen molar-refractivity contribution >= 4 is 23.3 Å². The van der Waals surface area contributed by atoms with E-state index in [2.05, 4.69) is 17.6 Å². The number of benzene rings is 2. The molecule has 5 nitrogen and oxygen atoms in total. The number of halogens is 1. The fourth-order valence-electron chi connectivity index (χ4n) is 3.19. The maximum atomic E-state index is 13.4. The lowest BCUT2D eigenvalue weighted by Crippen LogP contribution is -2.39. The van der Waals surface area contributed by atoms with Crippen LogP contribution in [0.2, 0.25) is 0 Å². The predicted molar refractivity (Wildman–Crippen MR) is 104 cm³/mol. The molecule has 1 aliphatic heterocycles. The summed E-state index contributed by atoms with van der Waals surface area (Å²) in [4.78, 5) is 25.9. The van der Waals surface area contributed by atoms with Gasteiger partial charge >= 0.3 is 6.03 Å². The van der Waals surface area contributed by atoms with E-state index in [1.54, 1.807) is 12.1 Å². The highest BCUT2D eigenvalue weighted by Gasteiger charge is 2.31. The Morgan fingerprint density at radius 1 is 1.22 bits per heavy atom. The standard InChI is InChI=1S/C21H24FN3O2/c1-2-3-5-15-8-10-17(11-9-15)23-21(27)24-18-13-20(26)25(14-18)19-7-4-6-16(22)12-19/h4,6-12,18H,2-3,5,13-14H2,1H3,(H2,23,24,27). The van der Waals surface area contributed by atoms with Gasteiger partial charge in [-0.2, -0.15) is 0 Å². The van der Waals surface area contributed by atoms with Gasteiger partial charge in [0.2, 0.25) is 5.91 Å². The van der Waals surface area contributed by atoms with Crippen LogP contribution < -0.4 is 15.5 Å². The summed E-state index contributed by atoms with van der Waals surface area (Å²) in [6.07, 6.45) is 3.52. The molecule has 1 aliphatic rings. The molecular weight excluding hydrogens is 345 g/mol. The molecule has 2 aromatic carbocycles. The van der Waals surface area contributed by atoms with Gasteiger partial charge in [-0.25, -0.2) is 9.18 Å². The number of unbranched alkanes of at least 4 members (excludes halogenated alkanes) is 1. The van der Waals surface area contributed by atoms with Crippen LogP contribution in [0.25, 0.3) is 0 Å². The number of carbonyl (C=O) groups excluding carboxylic acids is 2. The van der Waals surface area contributed by atoms with Crippen molar-refractivity contribution in [1.29, 1.82) is 0 Å². The van der Waals surface area contributed by atoms with E-state index in [0.29, 0.717) is 17.9 Å². The van der Waals surface area contributed by atoms with Crippen molar-refractivity contribution in [3.05, 3.63) is 59.9 Å². The van der Waals surface area contributed by atoms with Gasteiger partial charge in [-0.3, -0.25) is 4.79 Å². The number of aryl methyl sites for hydroxylation is 1. The minimum absolute atomic E-state index is 0.133. The summed E-state index contributed by atoms with van der Waals surface area (Å²) >= 11 is 0. The van der Waals surface area contributed by atoms with E-state index in [9.17, 15) is 14.0 Å². The zero-order chi connectivity index (χ0) is 19.2. The Kier molecular flexibility index (Phi) is 6.06. The van der Waals surface area contributed by atoms with E-state index in [0.717, 1.165) is 19.3 Å². The Morgan fingerprint density at radius 2 is 2.00 bits per heavy atom. The number of anilines is 2. The minimum Gasteiger partial charge on any atom is -0.333 e. The van der Waals surface area contributed by atoms with Gasteiger partial charge in [0.15, 0.2) is 0 Å². The van der Waals surface area contributed by atoms with Gasteiger partial charge in [-0.05, 0) is 48.7 Å². The lowest BCUT2D eigenvalue weighted by molar-refractivity contribution is -0.117. The molecule has 27 heavy (non-hydrogen) atoms. The number of hydrogen-bond donors (Lipinski definition) is 2. The fourth-order valence-corrected chi connectivity index (χ4v) is 3.19. The highest BCUT2D eigenvalue weighted by Crippen LogP contribution is 2.22. The number of rotatable bonds is 6. The third-order valence-corrected chi connectivity index (χ3v) is 4.61. The first-order valence-electron chi connectivity index (χ1n) is 9.27. The van der Waals surface area contributed by atoms with Crippen molar-refractivity contribution in [2.45, 2.75) is 38.6 Å². The summed E-state index contributed by atoms with van der Waals surface area (Å²) in [6.45, 7) is 2.48. The minimum atomic E-state index is -0.392. The highest BCUT2D eigenvalue weighted by molar-refractivity contribution is 5.97. The average molecular weight is 369 g/mol. The number of nitrogens with one attached hydrogen (secondary N) is 2. The molecule has 0 saturated carbocycles. The molecule has 1 saturated heterocycles. The molecule has 2 N–H and O–H groups in total. The van der Waals surface area contributed by atoms with E-state index in [-0.39, 0.29) is 24.4 Å². The largest absolute Gasteiger partial charge is 0.333 e. The summed E-state index contributed by atoms with van der Waals surface area (Å²) in [5.74, 6) is -0.525. The molecule has 0 aliphatic carbocycles. The fraction of sp³-hybridized carbons (Fsp3) is 0.333. The van der Waals surface area contributed by atoms with Gasteiger partial charge in [0, 0.05) is 24.3 Å². The summed E-state index contributed by atoms with van der Waals surface area (Å²) in [5, 5.41) is 5.61. The van der Waals surface area contributed by atoms with Crippen LogP contribution in [-0.2, 0) is 11.2 Å². The van der Waals surface area contributed by atoms with Gasteiger partial charge < -0.3 is 15.5 Å². The van der Waals surface area contributed by atoms with E-state index < -0.39 is 5.82 Å². The second-order valence-corrected chi connectivity index (χ2v) is 6.78. The first-order valence-corrected chi connectivity index (χ1v) is 9.27. The summed E-state index contributed by atoms with van der Waals surface area (Å²) in [7, 11) is 0. The van der Waals surface area contributed by atoms with Crippen molar-refractivity contribution in [1.82, 2.24) is 5.32 Å². The van der Waals surface area contributed by atoms with Crippen LogP contribution in [0.1, 0.15) is 31.7 Å². The molecule has 1 fully saturated rings. The first-order chi connectivity index (χ1) is 13.0. The Hall–Kier alpha value is -2.89. The zero-order valence-electron chi connectivity index (χ0n) is 15.4. The molecule has 0 aromatic heterocycles. The summed E-state index contributed by atoms with van der Waals surface area (Å²) < 4.78 is 13.4. The molecule has 3 amide bonds. The highest BCUT2D eigenvalue weighted by atomic mass is 19.1. The van der Waals surface area contributed by atoms with Gasteiger partial charge in [0.1, 0.15) is 5.82 Å². The number of hydrogen-bond acceptors (Lipinski definition) is 2. The van der Waals surface area contributed by atoms with Crippen molar-refractivity contribution in [3.8, 4) is 0 Å². The first kappa shape index (κ1) is 18.9. The zero-order valence-corrected chi connectivity index (χ0v) is 15.4. The second kappa shape index (κ2) is 8.66. The lowest BCUT2D eigenvalue weighted by Gasteiger charge is -2.17. The normalized spacial score (nSPS) is 16.4. The monoisotopic (exact) mass is 369 g/mol. The molecule has 6 heteroatoms. The molecular formula is C21H24FN3O2. The molecule has 0 radical (unpaired) electrons. The predicted octanol–water partition coefficient (Wildman–Crippen LogP) is 4.10. The molecule has 1 unspecified atom stereocenters. The van der Waals surface area contributed by atoms with Crippen molar-refractivity contribution in [3.63, 3.8) is 0 Å². The van der Waals surface area contributed by atoms with Crippen LogP contribution in [0.15, 0.2) is 48.5 Å². The van der Waals surface area contributed by atoms with Gasteiger partial charge in [-0.1, -0.05) is 31.5 Å². The molecule has 2 aromatic rings. The number of carbonyl (C=O) groups is 2. The Bertz CT molecular complexity index is 807. The quantitative estimate of drug-likeness (QED) is 0.805. The number of amides is 3. The molecule has 0 bridgehead atoms. The van der Waals surface area contributed by atoms with Crippen LogP contribution in [0.5, 0.6) is 0 Å². The summed E-state index contributed by atoms with van der Waals surface area (Å²) in [6, 6.07) is 13.0. The maximum absolute atomic E-state index is 13.4. The Labute approximate surface area is 158 Å². The van der Waals surface area contributed by atoms with Crippen LogP contribution in [-0.4, -0.2) is 24.5 Å². The maximum Gasteiger partial charge on any atom is 0.319 e. The van der Waals surface area contributed by atoms with Crippen LogP contribution in [0.3, 0.4) is 0 Å². The van der Waals surface area contributed by atoms with E-state index in [4.69, 9.17) is 0 Å². The van der Waals surface area contributed by atoms with E-state index >= 15 is 0 Å². The second-order valence-electron chi connectivity index (χ2n) is 6.78. The smallest absolute Gasteiger partial charge is 0.319 e. The third-order valence-electron chi connectivity index (χ3n) is 4.61. The number of nitrogens with zero attached hydrogens (tertiary/aromatic N) is 1. The molecule has 1 atom stereocenters. The van der Waals surface area contributed by atoms with Crippen LogP contribution in [0.4, 0.5) is 20.6 Å². The average Bonchev–Trinajstić information content (AvgIpc) is 3.01. The third kappa shape index (κ3) is 5.06. The lowest BCUT2D eigenvalue weighted by atomic mass is 10.1. The molecule has 3 rings (SSSR count). The van der Waals surface area contributed by atoms with Crippen LogP contribution in [0, 0.1) is 5.82 Å². The van der Waals surface area contributed by atoms with Crippen molar-refractivity contribution in [2.75, 3.05) is 16.8 Å². The summed E-state index contributed by atoms with van der Waals surface area (Å²) in [5.41, 5.74) is 2.46. The topological polar surface area (TPSA) is 61.4 Å². The Balaban J connectivity index is 1.53. The van der Waals surface area contributed by atoms with E-state index in [1.165, 1.54) is 22.6 Å². The van der Waals surface area contributed by atoms with Crippen molar-refractivity contribution in [2.24, 2.45) is 0 Å². The van der Waals surface area contributed by atoms with Crippen LogP contribution >= 0.6 is 0 Å². The van der Waals surface area contributed by atoms with Gasteiger partial charge in [0.05, 0.1) is 6.04 Å². The molecule has 142 valence electrons. The Morgan fingerprint density at radius 3 is 2.70 bits per heavy atom. The van der Waals surface area contributed by atoms with Gasteiger partial charge in [-0.15, -0.1) is 0 Å².